The number of imide groups is 1. The number of amides is 3. The Kier molecular flexibility index (Phi) is 3.28. The fourth-order valence-electron chi connectivity index (χ4n) is 1.91. The van der Waals surface area contributed by atoms with E-state index in [1.165, 1.54) is 4.90 Å². The van der Waals surface area contributed by atoms with E-state index in [9.17, 15) is 14.4 Å². The number of nitrogens with two attached hydrogens (primary N) is 1. The molecule has 1 heterocycles. The van der Waals surface area contributed by atoms with Crippen LogP contribution < -0.4 is 11.1 Å². The first-order chi connectivity index (χ1) is 8.09. The van der Waals surface area contributed by atoms with Gasteiger partial charge in [-0.05, 0) is 12.8 Å². The van der Waals surface area contributed by atoms with Crippen molar-refractivity contribution >= 4 is 17.9 Å². The molecule has 2 aliphatic rings. The van der Waals surface area contributed by atoms with Gasteiger partial charge < -0.3 is 15.8 Å². The minimum Gasteiger partial charge on any atom is -0.448 e. The number of rotatable bonds is 5. The second-order valence-electron chi connectivity index (χ2n) is 4.21. The SMILES string of the molecule is NC(=O)OCCNC1CC(=O)N(C2CC2)C1=O. The smallest absolute Gasteiger partial charge is 0.404 e. The molecule has 1 saturated heterocycles. The molecule has 0 radical (unpaired) electrons. The minimum atomic E-state index is -0.847. The van der Waals surface area contributed by atoms with Crippen molar-refractivity contribution in [2.75, 3.05) is 13.2 Å². The zero-order valence-corrected chi connectivity index (χ0v) is 9.35. The van der Waals surface area contributed by atoms with E-state index >= 15 is 0 Å². The lowest BCUT2D eigenvalue weighted by molar-refractivity contribution is -0.139. The van der Waals surface area contributed by atoms with Gasteiger partial charge in [0.25, 0.3) is 0 Å². The van der Waals surface area contributed by atoms with Crippen LogP contribution >= 0.6 is 0 Å². The molecule has 3 N–H and O–H groups in total. The standard InChI is InChI=1S/C10H15N3O4/c11-10(16)17-4-3-12-7-5-8(14)13(9(7)15)6-1-2-6/h6-7,12H,1-5H2,(H2,11,16). The van der Waals surface area contributed by atoms with Gasteiger partial charge in [-0.15, -0.1) is 0 Å². The lowest BCUT2D eigenvalue weighted by Crippen LogP contribution is -2.41. The lowest BCUT2D eigenvalue weighted by atomic mass is 10.2. The summed E-state index contributed by atoms with van der Waals surface area (Å²) in [5, 5.41) is 2.88. The van der Waals surface area contributed by atoms with E-state index in [1.54, 1.807) is 0 Å². The van der Waals surface area contributed by atoms with Crippen LogP contribution in [0, 0.1) is 0 Å². The second kappa shape index (κ2) is 4.70. The van der Waals surface area contributed by atoms with Crippen molar-refractivity contribution in [2.24, 2.45) is 5.73 Å². The number of likely N-dealkylation sites (tertiary alicyclic amines) is 1. The molecule has 0 spiro atoms. The first-order valence-electron chi connectivity index (χ1n) is 5.61. The molecule has 1 aliphatic carbocycles. The molecule has 1 atom stereocenters. The molecule has 2 fully saturated rings. The van der Waals surface area contributed by atoms with Crippen molar-refractivity contribution in [1.82, 2.24) is 10.2 Å². The Morgan fingerprint density at radius 1 is 1.47 bits per heavy atom. The molecule has 7 nitrogen and oxygen atoms in total. The fourth-order valence-corrected chi connectivity index (χ4v) is 1.91. The lowest BCUT2D eigenvalue weighted by Gasteiger charge is -2.14. The molecular formula is C10H15N3O4. The second-order valence-corrected chi connectivity index (χ2v) is 4.21. The molecule has 0 aromatic rings. The number of carbonyl (C=O) groups excluding carboxylic acids is 3. The molecule has 3 amide bonds. The van der Waals surface area contributed by atoms with Crippen molar-refractivity contribution in [3.63, 3.8) is 0 Å². The van der Waals surface area contributed by atoms with Crippen LogP contribution in [0.4, 0.5) is 4.79 Å². The average Bonchev–Trinajstić information content (AvgIpc) is 3.02. The Bertz CT molecular complexity index is 353. The molecule has 1 saturated carbocycles. The summed E-state index contributed by atoms with van der Waals surface area (Å²) in [6, 6.07) is -0.372. The third-order valence-electron chi connectivity index (χ3n) is 2.83. The molecule has 0 bridgehead atoms. The molecular weight excluding hydrogens is 226 g/mol. The highest BCUT2D eigenvalue weighted by Crippen LogP contribution is 2.31. The first-order valence-corrected chi connectivity index (χ1v) is 5.61. The fraction of sp³-hybridized carbons (Fsp3) is 0.700. The molecule has 0 aromatic carbocycles. The van der Waals surface area contributed by atoms with Crippen molar-refractivity contribution < 1.29 is 19.1 Å². The van der Waals surface area contributed by atoms with Gasteiger partial charge in [0.15, 0.2) is 0 Å². The Balaban J connectivity index is 1.76. The van der Waals surface area contributed by atoms with Crippen LogP contribution in [0.25, 0.3) is 0 Å². The van der Waals surface area contributed by atoms with Gasteiger partial charge in [0, 0.05) is 12.6 Å². The summed E-state index contributed by atoms with van der Waals surface area (Å²) < 4.78 is 4.52. The van der Waals surface area contributed by atoms with E-state index in [2.05, 4.69) is 10.1 Å². The predicted octanol–water partition coefficient (Wildman–Crippen LogP) is -1.04. The summed E-state index contributed by atoms with van der Waals surface area (Å²) in [4.78, 5) is 35.1. The highest BCUT2D eigenvalue weighted by atomic mass is 16.5. The van der Waals surface area contributed by atoms with Gasteiger partial charge in [-0.25, -0.2) is 4.79 Å². The molecule has 1 aliphatic heterocycles. The maximum Gasteiger partial charge on any atom is 0.404 e. The molecule has 1 unspecified atom stereocenters. The van der Waals surface area contributed by atoms with Gasteiger partial charge in [-0.1, -0.05) is 0 Å². The van der Waals surface area contributed by atoms with Crippen LogP contribution in [0.2, 0.25) is 0 Å². The van der Waals surface area contributed by atoms with Gasteiger partial charge in [0.2, 0.25) is 11.8 Å². The Morgan fingerprint density at radius 2 is 2.18 bits per heavy atom. The number of carbonyl (C=O) groups is 3. The van der Waals surface area contributed by atoms with Crippen molar-refractivity contribution in [2.45, 2.75) is 31.3 Å². The highest BCUT2D eigenvalue weighted by Gasteiger charge is 2.45. The predicted molar refractivity (Wildman–Crippen MR) is 56.8 cm³/mol. The monoisotopic (exact) mass is 241 g/mol. The van der Waals surface area contributed by atoms with Crippen LogP contribution in [0.3, 0.4) is 0 Å². The van der Waals surface area contributed by atoms with Crippen molar-refractivity contribution in [3.8, 4) is 0 Å². The van der Waals surface area contributed by atoms with Crippen LogP contribution in [-0.4, -0.2) is 48.0 Å². The van der Waals surface area contributed by atoms with Crippen molar-refractivity contribution in [3.05, 3.63) is 0 Å². The van der Waals surface area contributed by atoms with E-state index in [-0.39, 0.29) is 30.9 Å². The zero-order valence-electron chi connectivity index (χ0n) is 9.35. The Hall–Kier alpha value is -1.63. The highest BCUT2D eigenvalue weighted by molar-refractivity contribution is 6.06. The van der Waals surface area contributed by atoms with Crippen LogP contribution in [0.5, 0.6) is 0 Å². The van der Waals surface area contributed by atoms with Gasteiger partial charge in [-0.2, -0.15) is 0 Å². The Labute approximate surface area is 98.3 Å². The van der Waals surface area contributed by atoms with Gasteiger partial charge >= 0.3 is 6.09 Å². The van der Waals surface area contributed by atoms with Crippen LogP contribution in [-0.2, 0) is 14.3 Å². The van der Waals surface area contributed by atoms with E-state index in [4.69, 9.17) is 5.73 Å². The third kappa shape index (κ3) is 2.73. The number of ether oxygens (including phenoxy) is 1. The number of hydrogen-bond acceptors (Lipinski definition) is 5. The van der Waals surface area contributed by atoms with Crippen molar-refractivity contribution in [1.29, 1.82) is 0 Å². The minimum absolute atomic E-state index is 0.0940. The summed E-state index contributed by atoms with van der Waals surface area (Å²) in [5.74, 6) is -0.289. The normalized spacial score (nSPS) is 24.2. The summed E-state index contributed by atoms with van der Waals surface area (Å²) >= 11 is 0. The molecule has 94 valence electrons. The summed E-state index contributed by atoms with van der Waals surface area (Å²) in [7, 11) is 0. The van der Waals surface area contributed by atoms with Crippen LogP contribution in [0.1, 0.15) is 19.3 Å². The van der Waals surface area contributed by atoms with E-state index in [0.717, 1.165) is 12.8 Å². The summed E-state index contributed by atoms with van der Waals surface area (Å²) in [6.07, 6.45) is 1.16. The zero-order chi connectivity index (χ0) is 12.4. The number of nitrogens with one attached hydrogen (secondary N) is 1. The van der Waals surface area contributed by atoms with Gasteiger partial charge in [-0.3, -0.25) is 14.5 Å². The summed E-state index contributed by atoms with van der Waals surface area (Å²) in [6.45, 7) is 0.405. The first kappa shape index (κ1) is 11.8. The van der Waals surface area contributed by atoms with Gasteiger partial charge in [0.05, 0.1) is 12.5 Å². The maximum atomic E-state index is 11.8. The van der Waals surface area contributed by atoms with E-state index in [0.29, 0.717) is 6.54 Å². The quantitative estimate of drug-likeness (QED) is 0.473. The molecule has 0 aromatic heterocycles. The number of nitrogens with zero attached hydrogens (tertiary/aromatic N) is 1. The topological polar surface area (TPSA) is 102 Å². The number of hydrogen-bond donors (Lipinski definition) is 2. The molecule has 17 heavy (non-hydrogen) atoms. The van der Waals surface area contributed by atoms with E-state index in [1.807, 2.05) is 0 Å². The third-order valence-corrected chi connectivity index (χ3v) is 2.83. The average molecular weight is 241 g/mol. The summed E-state index contributed by atoms with van der Waals surface area (Å²) in [5.41, 5.74) is 4.79. The number of primary amides is 1. The Morgan fingerprint density at radius 3 is 2.76 bits per heavy atom. The molecule has 7 heteroatoms. The maximum absolute atomic E-state index is 11.8. The largest absolute Gasteiger partial charge is 0.448 e. The van der Waals surface area contributed by atoms with Crippen LogP contribution in [0.15, 0.2) is 0 Å². The van der Waals surface area contributed by atoms with Gasteiger partial charge in [0.1, 0.15) is 6.61 Å². The molecule has 2 rings (SSSR count). The van der Waals surface area contributed by atoms with E-state index < -0.39 is 12.1 Å².